The van der Waals surface area contributed by atoms with Gasteiger partial charge in [-0.25, -0.2) is 4.39 Å². The molecule has 0 radical (unpaired) electrons. The fourth-order valence-corrected chi connectivity index (χ4v) is 3.48. The number of anilines is 1. The lowest BCUT2D eigenvalue weighted by molar-refractivity contribution is -0.141. The number of hydrogen-bond donors (Lipinski definition) is 1. The Labute approximate surface area is 158 Å². The summed E-state index contributed by atoms with van der Waals surface area (Å²) in [6, 6.07) is 13.1. The summed E-state index contributed by atoms with van der Waals surface area (Å²) in [6.07, 6.45) is 7.58. The highest BCUT2D eigenvalue weighted by Gasteiger charge is 2.47. The van der Waals surface area contributed by atoms with Crippen molar-refractivity contribution < 1.29 is 14.0 Å². The Morgan fingerprint density at radius 2 is 1.96 bits per heavy atom. The average Bonchev–Trinajstić information content (AvgIpc) is 2.60. The van der Waals surface area contributed by atoms with Crippen molar-refractivity contribution in [2.75, 3.05) is 18.9 Å². The molecule has 0 heterocycles. The Balaban J connectivity index is 1.69. The average molecular weight is 364 g/mol. The largest absolute Gasteiger partial charge is 0.336 e. The van der Waals surface area contributed by atoms with Crippen LogP contribution in [0.3, 0.4) is 0 Å². The SMILES string of the molecule is C#Cc1cccc(NC(=O)CN(C)C(=O)C2(c3cccc(F)c3)CCC2)c1. The van der Waals surface area contributed by atoms with Crippen LogP contribution in [0.5, 0.6) is 0 Å². The zero-order valence-corrected chi connectivity index (χ0v) is 15.2. The lowest BCUT2D eigenvalue weighted by Crippen LogP contribution is -2.51. The topological polar surface area (TPSA) is 49.4 Å². The molecule has 4 nitrogen and oxygen atoms in total. The van der Waals surface area contributed by atoms with Gasteiger partial charge in [-0.3, -0.25) is 9.59 Å². The number of nitrogens with one attached hydrogen (secondary N) is 1. The van der Waals surface area contributed by atoms with Crippen molar-refractivity contribution in [2.45, 2.75) is 24.7 Å². The zero-order valence-electron chi connectivity index (χ0n) is 15.2. The molecular formula is C22H21FN2O2. The Morgan fingerprint density at radius 1 is 1.22 bits per heavy atom. The summed E-state index contributed by atoms with van der Waals surface area (Å²) in [5.41, 5.74) is 1.19. The van der Waals surface area contributed by atoms with Crippen molar-refractivity contribution in [3.8, 4) is 12.3 Å². The number of amides is 2. The number of halogens is 1. The molecule has 1 aliphatic carbocycles. The lowest BCUT2D eigenvalue weighted by Gasteiger charge is -2.43. The third kappa shape index (κ3) is 3.85. The van der Waals surface area contributed by atoms with Crippen molar-refractivity contribution in [1.82, 2.24) is 4.90 Å². The van der Waals surface area contributed by atoms with E-state index in [0.29, 0.717) is 29.7 Å². The van der Waals surface area contributed by atoms with Gasteiger partial charge < -0.3 is 10.2 Å². The van der Waals surface area contributed by atoms with Gasteiger partial charge in [0.1, 0.15) is 5.82 Å². The molecule has 0 unspecified atom stereocenters. The van der Waals surface area contributed by atoms with Crippen LogP contribution in [0.1, 0.15) is 30.4 Å². The van der Waals surface area contributed by atoms with Crippen LogP contribution in [0.4, 0.5) is 10.1 Å². The molecule has 3 rings (SSSR count). The first-order valence-electron chi connectivity index (χ1n) is 8.83. The van der Waals surface area contributed by atoms with Gasteiger partial charge in [-0.05, 0) is 48.7 Å². The summed E-state index contributed by atoms with van der Waals surface area (Å²) in [4.78, 5) is 26.8. The van der Waals surface area contributed by atoms with Gasteiger partial charge >= 0.3 is 0 Å². The van der Waals surface area contributed by atoms with E-state index in [1.165, 1.54) is 17.0 Å². The summed E-state index contributed by atoms with van der Waals surface area (Å²) in [6.45, 7) is -0.0871. The van der Waals surface area contributed by atoms with E-state index in [4.69, 9.17) is 6.42 Å². The highest BCUT2D eigenvalue weighted by atomic mass is 19.1. The summed E-state index contributed by atoms with van der Waals surface area (Å²) >= 11 is 0. The molecule has 1 fully saturated rings. The molecule has 0 atom stereocenters. The summed E-state index contributed by atoms with van der Waals surface area (Å²) in [5.74, 6) is 1.68. The number of carbonyl (C=O) groups excluding carboxylic acids is 2. The Hall–Kier alpha value is -3.13. The summed E-state index contributed by atoms with van der Waals surface area (Å²) < 4.78 is 13.6. The van der Waals surface area contributed by atoms with Gasteiger partial charge in [-0.2, -0.15) is 0 Å². The second kappa shape index (κ2) is 7.63. The van der Waals surface area contributed by atoms with E-state index in [0.717, 1.165) is 6.42 Å². The molecular weight excluding hydrogens is 343 g/mol. The molecule has 0 aromatic heterocycles. The Kier molecular flexibility index (Phi) is 5.27. The predicted molar refractivity (Wildman–Crippen MR) is 103 cm³/mol. The van der Waals surface area contributed by atoms with Gasteiger partial charge in [0.25, 0.3) is 0 Å². The van der Waals surface area contributed by atoms with Gasteiger partial charge in [0, 0.05) is 18.3 Å². The maximum atomic E-state index is 13.6. The van der Waals surface area contributed by atoms with Crippen LogP contribution in [0.2, 0.25) is 0 Å². The van der Waals surface area contributed by atoms with Crippen molar-refractivity contribution in [1.29, 1.82) is 0 Å². The maximum Gasteiger partial charge on any atom is 0.243 e. The van der Waals surface area contributed by atoms with Gasteiger partial charge in [0.05, 0.1) is 12.0 Å². The van der Waals surface area contributed by atoms with E-state index in [2.05, 4.69) is 11.2 Å². The molecule has 1 saturated carbocycles. The number of terminal acetylenes is 1. The number of likely N-dealkylation sites (N-methyl/N-ethyl adjacent to an activating group) is 1. The number of benzene rings is 2. The van der Waals surface area contributed by atoms with Gasteiger partial charge in [0.15, 0.2) is 0 Å². The van der Waals surface area contributed by atoms with E-state index in [1.807, 2.05) is 0 Å². The molecule has 5 heteroatoms. The van der Waals surface area contributed by atoms with Crippen LogP contribution < -0.4 is 5.32 Å². The predicted octanol–water partition coefficient (Wildman–Crippen LogP) is 3.33. The van der Waals surface area contributed by atoms with E-state index < -0.39 is 5.41 Å². The molecule has 0 spiro atoms. The molecule has 2 aromatic carbocycles. The molecule has 0 bridgehead atoms. The highest BCUT2D eigenvalue weighted by molar-refractivity contribution is 5.97. The first-order valence-corrected chi connectivity index (χ1v) is 8.83. The first kappa shape index (κ1) is 18.7. The molecule has 2 aromatic rings. The molecule has 27 heavy (non-hydrogen) atoms. The zero-order chi connectivity index (χ0) is 19.4. The summed E-state index contributed by atoms with van der Waals surface area (Å²) in [5, 5.41) is 2.75. The maximum absolute atomic E-state index is 13.6. The minimum atomic E-state index is -0.736. The smallest absolute Gasteiger partial charge is 0.243 e. The van der Waals surface area contributed by atoms with Crippen LogP contribution in [-0.4, -0.2) is 30.3 Å². The molecule has 138 valence electrons. The second-order valence-electron chi connectivity index (χ2n) is 6.88. The highest BCUT2D eigenvalue weighted by Crippen LogP contribution is 2.45. The minimum Gasteiger partial charge on any atom is -0.336 e. The van der Waals surface area contributed by atoms with Crippen molar-refractivity contribution >= 4 is 17.5 Å². The van der Waals surface area contributed by atoms with Crippen molar-refractivity contribution in [3.05, 3.63) is 65.5 Å². The fourth-order valence-electron chi connectivity index (χ4n) is 3.48. The fraction of sp³-hybridized carbons (Fsp3) is 0.273. The standard InChI is InChI=1S/C22H21FN2O2/c1-3-16-7-4-10-19(13-16)24-20(26)15-25(2)21(27)22(11-6-12-22)17-8-5-9-18(23)14-17/h1,4-5,7-10,13-14H,6,11-12,15H2,2H3,(H,24,26). The van der Waals surface area contributed by atoms with Gasteiger partial charge in [-0.15, -0.1) is 6.42 Å². The van der Waals surface area contributed by atoms with Crippen molar-refractivity contribution in [2.24, 2.45) is 0 Å². The quantitative estimate of drug-likeness (QED) is 0.828. The first-order chi connectivity index (χ1) is 12.9. The van der Waals surface area contributed by atoms with E-state index in [1.54, 1.807) is 43.4 Å². The van der Waals surface area contributed by atoms with E-state index >= 15 is 0 Å². The van der Waals surface area contributed by atoms with Crippen LogP contribution in [-0.2, 0) is 15.0 Å². The summed E-state index contributed by atoms with van der Waals surface area (Å²) in [7, 11) is 1.60. The monoisotopic (exact) mass is 364 g/mol. The van der Waals surface area contributed by atoms with Gasteiger partial charge in [-0.1, -0.05) is 30.5 Å². The minimum absolute atomic E-state index is 0.0871. The number of rotatable bonds is 5. The molecule has 2 amide bonds. The van der Waals surface area contributed by atoms with Crippen LogP contribution >= 0.6 is 0 Å². The number of nitrogens with zero attached hydrogens (tertiary/aromatic N) is 1. The molecule has 0 aliphatic heterocycles. The lowest BCUT2D eigenvalue weighted by atomic mass is 9.63. The van der Waals surface area contributed by atoms with Crippen molar-refractivity contribution in [3.63, 3.8) is 0 Å². The third-order valence-electron chi connectivity index (χ3n) is 5.03. The molecule has 1 N–H and O–H groups in total. The molecule has 1 aliphatic rings. The second-order valence-corrected chi connectivity index (χ2v) is 6.88. The van der Waals surface area contributed by atoms with E-state index in [-0.39, 0.29) is 24.2 Å². The van der Waals surface area contributed by atoms with Crippen LogP contribution in [0.15, 0.2) is 48.5 Å². The number of hydrogen-bond acceptors (Lipinski definition) is 2. The van der Waals surface area contributed by atoms with Gasteiger partial charge in [0.2, 0.25) is 11.8 Å². The normalized spacial score (nSPS) is 14.6. The third-order valence-corrected chi connectivity index (χ3v) is 5.03. The van der Waals surface area contributed by atoms with Crippen LogP contribution in [0.25, 0.3) is 0 Å². The van der Waals surface area contributed by atoms with Crippen LogP contribution in [0, 0.1) is 18.2 Å². The Bertz CT molecular complexity index is 913. The molecule has 0 saturated heterocycles. The Morgan fingerprint density at radius 3 is 2.59 bits per heavy atom. The number of carbonyl (C=O) groups is 2. The van der Waals surface area contributed by atoms with E-state index in [9.17, 15) is 14.0 Å².